The Morgan fingerprint density at radius 3 is 1.94 bits per heavy atom. The van der Waals surface area contributed by atoms with E-state index in [0.29, 0.717) is 12.3 Å². The standard InChI is InChI=1S/C15H13NO/c1-3-17-15-10-6-13(7-11-15)12-4-8-14(16-2)9-5-12/h4-11H,3H2,1H3. The van der Waals surface area contributed by atoms with Crippen LogP contribution in [0.15, 0.2) is 48.5 Å². The summed E-state index contributed by atoms with van der Waals surface area (Å²) in [5.41, 5.74) is 2.91. The van der Waals surface area contributed by atoms with Gasteiger partial charge in [-0.2, -0.15) is 0 Å². The average Bonchev–Trinajstić information content (AvgIpc) is 2.40. The second-order valence-corrected chi connectivity index (χ2v) is 3.62. The molecule has 0 aromatic heterocycles. The van der Waals surface area contributed by atoms with Gasteiger partial charge in [0, 0.05) is 0 Å². The molecule has 0 N–H and O–H groups in total. The van der Waals surface area contributed by atoms with E-state index in [2.05, 4.69) is 4.85 Å². The predicted molar refractivity (Wildman–Crippen MR) is 69.3 cm³/mol. The van der Waals surface area contributed by atoms with Crippen molar-refractivity contribution in [3.8, 4) is 16.9 Å². The van der Waals surface area contributed by atoms with Crippen molar-refractivity contribution in [2.24, 2.45) is 0 Å². The van der Waals surface area contributed by atoms with E-state index >= 15 is 0 Å². The first-order chi connectivity index (χ1) is 8.33. The zero-order valence-electron chi connectivity index (χ0n) is 9.68. The van der Waals surface area contributed by atoms with E-state index in [9.17, 15) is 0 Å². The summed E-state index contributed by atoms with van der Waals surface area (Å²) in [5, 5.41) is 0. The van der Waals surface area contributed by atoms with Crippen LogP contribution < -0.4 is 4.74 Å². The number of rotatable bonds is 3. The lowest BCUT2D eigenvalue weighted by Crippen LogP contribution is -1.90. The Morgan fingerprint density at radius 2 is 1.47 bits per heavy atom. The molecule has 0 saturated heterocycles. The highest BCUT2D eigenvalue weighted by molar-refractivity contribution is 5.66. The van der Waals surface area contributed by atoms with E-state index in [-0.39, 0.29) is 0 Å². The number of hydrogen-bond donors (Lipinski definition) is 0. The molecule has 84 valence electrons. The molecule has 0 aliphatic carbocycles. The molecule has 0 radical (unpaired) electrons. The van der Waals surface area contributed by atoms with Crippen molar-refractivity contribution in [3.05, 3.63) is 59.9 Å². The van der Waals surface area contributed by atoms with Crippen molar-refractivity contribution >= 4 is 5.69 Å². The predicted octanol–water partition coefficient (Wildman–Crippen LogP) is 4.30. The van der Waals surface area contributed by atoms with E-state index in [1.165, 1.54) is 0 Å². The zero-order chi connectivity index (χ0) is 12.1. The Morgan fingerprint density at radius 1 is 0.941 bits per heavy atom. The van der Waals surface area contributed by atoms with E-state index in [1.54, 1.807) is 0 Å². The topological polar surface area (TPSA) is 13.6 Å². The van der Waals surface area contributed by atoms with Gasteiger partial charge in [-0.1, -0.05) is 36.4 Å². The molecule has 0 aliphatic heterocycles. The van der Waals surface area contributed by atoms with Gasteiger partial charge in [-0.3, -0.25) is 0 Å². The molecular weight excluding hydrogens is 210 g/mol. The van der Waals surface area contributed by atoms with Crippen LogP contribution in [0.4, 0.5) is 5.69 Å². The van der Waals surface area contributed by atoms with Gasteiger partial charge in [0.15, 0.2) is 5.69 Å². The summed E-state index contributed by atoms with van der Waals surface area (Å²) in [6, 6.07) is 15.6. The van der Waals surface area contributed by atoms with Crippen LogP contribution >= 0.6 is 0 Å². The molecule has 0 amide bonds. The van der Waals surface area contributed by atoms with Gasteiger partial charge in [-0.15, -0.1) is 0 Å². The van der Waals surface area contributed by atoms with Crippen molar-refractivity contribution in [3.63, 3.8) is 0 Å². The highest BCUT2D eigenvalue weighted by atomic mass is 16.5. The summed E-state index contributed by atoms with van der Waals surface area (Å²) >= 11 is 0. The minimum absolute atomic E-state index is 0.666. The van der Waals surface area contributed by atoms with E-state index in [0.717, 1.165) is 16.9 Å². The first-order valence-corrected chi connectivity index (χ1v) is 5.54. The number of ether oxygens (including phenoxy) is 1. The van der Waals surface area contributed by atoms with Crippen LogP contribution in [0.2, 0.25) is 0 Å². The van der Waals surface area contributed by atoms with Gasteiger partial charge in [0.25, 0.3) is 0 Å². The van der Waals surface area contributed by atoms with Crippen molar-refractivity contribution in [1.29, 1.82) is 0 Å². The quantitative estimate of drug-likeness (QED) is 0.707. The summed E-state index contributed by atoms with van der Waals surface area (Å²) in [5.74, 6) is 0.883. The smallest absolute Gasteiger partial charge is 0.187 e. The molecule has 0 aliphatic rings. The lowest BCUT2D eigenvalue weighted by Gasteiger charge is -2.05. The minimum atomic E-state index is 0.666. The molecule has 0 atom stereocenters. The first-order valence-electron chi connectivity index (χ1n) is 5.54. The Kier molecular flexibility index (Phi) is 3.42. The van der Waals surface area contributed by atoms with Crippen LogP contribution in [-0.4, -0.2) is 6.61 Å². The monoisotopic (exact) mass is 223 g/mol. The van der Waals surface area contributed by atoms with Gasteiger partial charge in [-0.05, 0) is 30.2 Å². The maximum Gasteiger partial charge on any atom is 0.187 e. The molecule has 0 spiro atoms. The zero-order valence-corrected chi connectivity index (χ0v) is 9.68. The SMILES string of the molecule is [C-]#[N+]c1ccc(-c2ccc(OCC)cc2)cc1. The van der Waals surface area contributed by atoms with Gasteiger partial charge in [0.1, 0.15) is 5.75 Å². The fraction of sp³-hybridized carbons (Fsp3) is 0.133. The summed E-state index contributed by atoms with van der Waals surface area (Å²) < 4.78 is 5.39. The molecule has 0 fully saturated rings. The molecule has 2 aromatic carbocycles. The Labute approximate surface area is 101 Å². The highest BCUT2D eigenvalue weighted by Crippen LogP contribution is 2.24. The van der Waals surface area contributed by atoms with Crippen LogP contribution in [0.25, 0.3) is 16.0 Å². The third kappa shape index (κ3) is 2.64. The van der Waals surface area contributed by atoms with Crippen LogP contribution in [0, 0.1) is 6.57 Å². The van der Waals surface area contributed by atoms with Gasteiger partial charge < -0.3 is 4.74 Å². The molecule has 0 heterocycles. The maximum absolute atomic E-state index is 6.90. The second kappa shape index (κ2) is 5.18. The van der Waals surface area contributed by atoms with Gasteiger partial charge in [0.05, 0.1) is 13.2 Å². The number of benzene rings is 2. The number of nitrogens with zero attached hydrogens (tertiary/aromatic N) is 1. The van der Waals surface area contributed by atoms with Crippen molar-refractivity contribution in [2.45, 2.75) is 6.92 Å². The van der Waals surface area contributed by atoms with Crippen LogP contribution in [-0.2, 0) is 0 Å². The largest absolute Gasteiger partial charge is 0.494 e. The van der Waals surface area contributed by atoms with Gasteiger partial charge in [-0.25, -0.2) is 4.85 Å². The molecule has 2 nitrogen and oxygen atoms in total. The molecule has 0 saturated carbocycles. The Hall–Kier alpha value is -2.27. The van der Waals surface area contributed by atoms with Crippen LogP contribution in [0.1, 0.15) is 6.92 Å². The fourth-order valence-electron chi connectivity index (χ4n) is 1.64. The lowest BCUT2D eigenvalue weighted by atomic mass is 10.1. The Balaban J connectivity index is 2.24. The van der Waals surface area contributed by atoms with Crippen molar-refractivity contribution in [2.75, 3.05) is 6.61 Å². The molecule has 2 heteroatoms. The van der Waals surface area contributed by atoms with Crippen LogP contribution in [0.3, 0.4) is 0 Å². The maximum atomic E-state index is 6.90. The molecule has 0 unspecified atom stereocenters. The minimum Gasteiger partial charge on any atom is -0.494 e. The normalized spacial score (nSPS) is 9.65. The molecule has 2 rings (SSSR count). The average molecular weight is 223 g/mol. The first kappa shape index (κ1) is 11.2. The van der Waals surface area contributed by atoms with Crippen LogP contribution in [0.5, 0.6) is 5.75 Å². The van der Waals surface area contributed by atoms with Gasteiger partial charge in [0.2, 0.25) is 0 Å². The summed E-state index contributed by atoms with van der Waals surface area (Å²) in [6.07, 6.45) is 0. The third-order valence-electron chi connectivity index (χ3n) is 2.50. The summed E-state index contributed by atoms with van der Waals surface area (Å²) in [6.45, 7) is 9.55. The molecule has 17 heavy (non-hydrogen) atoms. The van der Waals surface area contributed by atoms with Crippen molar-refractivity contribution in [1.82, 2.24) is 0 Å². The third-order valence-corrected chi connectivity index (χ3v) is 2.50. The molecular formula is C15H13NO. The fourth-order valence-corrected chi connectivity index (χ4v) is 1.64. The summed E-state index contributed by atoms with van der Waals surface area (Å²) in [7, 11) is 0. The van der Waals surface area contributed by atoms with E-state index in [4.69, 9.17) is 11.3 Å². The summed E-state index contributed by atoms with van der Waals surface area (Å²) in [4.78, 5) is 3.37. The number of hydrogen-bond acceptors (Lipinski definition) is 1. The Bertz CT molecular complexity index is 520. The molecule has 2 aromatic rings. The highest BCUT2D eigenvalue weighted by Gasteiger charge is 1.98. The van der Waals surface area contributed by atoms with E-state index < -0.39 is 0 Å². The molecule has 0 bridgehead atoms. The van der Waals surface area contributed by atoms with Crippen molar-refractivity contribution < 1.29 is 4.74 Å². The second-order valence-electron chi connectivity index (χ2n) is 3.62. The lowest BCUT2D eigenvalue weighted by molar-refractivity contribution is 0.340. The van der Waals surface area contributed by atoms with E-state index in [1.807, 2.05) is 55.5 Å². The van der Waals surface area contributed by atoms with Gasteiger partial charge >= 0.3 is 0 Å².